The third-order valence-corrected chi connectivity index (χ3v) is 1.71. The molecule has 1 aromatic rings. The molecular weight excluding hydrogens is 168 g/mol. The van der Waals surface area contributed by atoms with E-state index in [1.807, 2.05) is 30.3 Å². The second-order valence-corrected chi connectivity index (χ2v) is 2.70. The van der Waals surface area contributed by atoms with Crippen LogP contribution in [0.4, 0.5) is 4.79 Å². The molecule has 0 saturated heterocycles. The van der Waals surface area contributed by atoms with Gasteiger partial charge >= 0.3 is 6.03 Å². The lowest BCUT2D eigenvalue weighted by Gasteiger charge is -2.10. The van der Waals surface area contributed by atoms with Gasteiger partial charge in [0.15, 0.2) is 0 Å². The highest BCUT2D eigenvalue weighted by Gasteiger charge is 2.04. The van der Waals surface area contributed by atoms with E-state index >= 15 is 0 Å². The number of carbonyl (C=O) groups is 1. The van der Waals surface area contributed by atoms with Gasteiger partial charge in [0, 0.05) is 0 Å². The molecule has 0 aliphatic carbocycles. The van der Waals surface area contributed by atoms with Crippen LogP contribution in [-0.2, 0) is 6.42 Å². The van der Waals surface area contributed by atoms with Gasteiger partial charge in [-0.2, -0.15) is 0 Å². The maximum Gasteiger partial charge on any atom is 0.338 e. The Morgan fingerprint density at radius 1 is 1.38 bits per heavy atom. The summed E-state index contributed by atoms with van der Waals surface area (Å²) in [6.45, 7) is 0.222. The van der Waals surface area contributed by atoms with Crippen LogP contribution in [0, 0.1) is 0 Å². The zero-order valence-electron chi connectivity index (χ0n) is 7.18. The van der Waals surface area contributed by atoms with E-state index in [1.165, 1.54) is 0 Å². The molecule has 0 aliphatic rings. The number of nitrogens with two attached hydrogens (primary N) is 1. The normalized spacial score (nSPS) is 9.62. The summed E-state index contributed by atoms with van der Waals surface area (Å²) in [5.74, 6) is 0. The van der Waals surface area contributed by atoms with E-state index in [4.69, 9.17) is 10.9 Å². The number of hydroxylamine groups is 2. The lowest BCUT2D eigenvalue weighted by molar-refractivity contribution is -0.0382. The molecule has 0 aromatic heterocycles. The van der Waals surface area contributed by atoms with E-state index in [1.54, 1.807) is 0 Å². The first kappa shape index (κ1) is 9.54. The van der Waals surface area contributed by atoms with Crippen LogP contribution in [0.25, 0.3) is 0 Å². The molecule has 0 radical (unpaired) electrons. The third kappa shape index (κ3) is 3.13. The highest BCUT2D eigenvalue weighted by Crippen LogP contribution is 1.99. The third-order valence-electron chi connectivity index (χ3n) is 1.71. The molecule has 3 N–H and O–H groups in total. The number of rotatable bonds is 3. The Hall–Kier alpha value is -1.55. The molecule has 0 unspecified atom stereocenters. The predicted octanol–water partition coefficient (Wildman–Crippen LogP) is 0.999. The number of nitrogens with zero attached hydrogens (tertiary/aromatic N) is 1. The van der Waals surface area contributed by atoms with E-state index in [9.17, 15) is 4.79 Å². The van der Waals surface area contributed by atoms with Gasteiger partial charge < -0.3 is 5.73 Å². The summed E-state index contributed by atoms with van der Waals surface area (Å²) >= 11 is 0. The Morgan fingerprint density at radius 3 is 2.54 bits per heavy atom. The number of urea groups is 1. The van der Waals surface area contributed by atoms with Gasteiger partial charge in [0.05, 0.1) is 6.54 Å². The number of amides is 2. The lowest BCUT2D eigenvalue weighted by atomic mass is 10.1. The quantitative estimate of drug-likeness (QED) is 0.538. The monoisotopic (exact) mass is 180 g/mol. The molecule has 0 bridgehead atoms. The van der Waals surface area contributed by atoms with Crippen LogP contribution in [-0.4, -0.2) is 22.8 Å². The standard InChI is InChI=1S/C9H12N2O2/c10-9(12)11(13)7-6-8-4-2-1-3-5-8/h1-5,13H,6-7H2,(H2,10,12). The van der Waals surface area contributed by atoms with Crippen LogP contribution in [0.2, 0.25) is 0 Å². The predicted molar refractivity (Wildman–Crippen MR) is 48.2 cm³/mol. The average Bonchev–Trinajstić information content (AvgIpc) is 2.15. The largest absolute Gasteiger partial charge is 0.350 e. The average molecular weight is 180 g/mol. The van der Waals surface area contributed by atoms with E-state index in [2.05, 4.69) is 0 Å². The zero-order chi connectivity index (χ0) is 9.68. The summed E-state index contributed by atoms with van der Waals surface area (Å²) in [6, 6.07) is 8.75. The first-order valence-electron chi connectivity index (χ1n) is 4.00. The fraction of sp³-hybridized carbons (Fsp3) is 0.222. The van der Waals surface area contributed by atoms with Crippen molar-refractivity contribution in [1.82, 2.24) is 5.06 Å². The van der Waals surface area contributed by atoms with Crippen molar-refractivity contribution in [2.24, 2.45) is 5.73 Å². The van der Waals surface area contributed by atoms with Gasteiger partial charge in [-0.15, -0.1) is 0 Å². The highest BCUT2D eigenvalue weighted by atomic mass is 16.5. The van der Waals surface area contributed by atoms with Crippen molar-refractivity contribution in [2.45, 2.75) is 6.42 Å². The van der Waals surface area contributed by atoms with Gasteiger partial charge in [-0.1, -0.05) is 30.3 Å². The topological polar surface area (TPSA) is 66.6 Å². The van der Waals surface area contributed by atoms with Crippen LogP contribution in [0.15, 0.2) is 30.3 Å². The first-order valence-corrected chi connectivity index (χ1v) is 4.00. The van der Waals surface area contributed by atoms with Crippen molar-refractivity contribution >= 4 is 6.03 Å². The fourth-order valence-corrected chi connectivity index (χ4v) is 0.990. The Bertz CT molecular complexity index is 274. The highest BCUT2D eigenvalue weighted by molar-refractivity contribution is 5.70. The Kier molecular flexibility index (Phi) is 3.28. The van der Waals surface area contributed by atoms with E-state index < -0.39 is 6.03 Å². The molecule has 1 rings (SSSR count). The SMILES string of the molecule is NC(=O)N(O)CCc1ccccc1. The van der Waals surface area contributed by atoms with Crippen molar-refractivity contribution in [3.63, 3.8) is 0 Å². The molecule has 70 valence electrons. The minimum Gasteiger partial charge on any atom is -0.350 e. The van der Waals surface area contributed by atoms with E-state index in [0.717, 1.165) is 5.56 Å². The van der Waals surface area contributed by atoms with Crippen LogP contribution >= 0.6 is 0 Å². The van der Waals surface area contributed by atoms with Gasteiger partial charge in [0.25, 0.3) is 0 Å². The molecular formula is C9H12N2O2. The smallest absolute Gasteiger partial charge is 0.338 e. The van der Waals surface area contributed by atoms with Gasteiger partial charge in [-0.25, -0.2) is 9.86 Å². The van der Waals surface area contributed by atoms with Gasteiger partial charge in [-0.3, -0.25) is 5.21 Å². The number of carbonyl (C=O) groups excluding carboxylic acids is 1. The minimum absolute atomic E-state index is 0.222. The molecule has 1 aromatic carbocycles. The molecule has 0 fully saturated rings. The number of hydrogen-bond donors (Lipinski definition) is 2. The summed E-state index contributed by atoms with van der Waals surface area (Å²) in [6.07, 6.45) is 0.597. The van der Waals surface area contributed by atoms with Gasteiger partial charge in [-0.05, 0) is 12.0 Å². The summed E-state index contributed by atoms with van der Waals surface area (Å²) in [5, 5.41) is 9.45. The van der Waals surface area contributed by atoms with Crippen LogP contribution in [0.1, 0.15) is 5.56 Å². The molecule has 0 saturated carbocycles. The van der Waals surface area contributed by atoms with Crippen molar-refractivity contribution in [3.8, 4) is 0 Å². The lowest BCUT2D eigenvalue weighted by Crippen LogP contribution is -2.34. The Morgan fingerprint density at radius 2 is 2.00 bits per heavy atom. The molecule has 2 amide bonds. The van der Waals surface area contributed by atoms with E-state index in [-0.39, 0.29) is 6.54 Å². The molecule has 0 aliphatic heterocycles. The van der Waals surface area contributed by atoms with Crippen molar-refractivity contribution in [1.29, 1.82) is 0 Å². The number of primary amides is 1. The van der Waals surface area contributed by atoms with Crippen molar-refractivity contribution in [2.75, 3.05) is 6.54 Å². The van der Waals surface area contributed by atoms with Crippen molar-refractivity contribution in [3.05, 3.63) is 35.9 Å². The number of hydrogen-bond acceptors (Lipinski definition) is 2. The minimum atomic E-state index is -0.823. The molecule has 13 heavy (non-hydrogen) atoms. The van der Waals surface area contributed by atoms with Gasteiger partial charge in [0.1, 0.15) is 0 Å². The second-order valence-electron chi connectivity index (χ2n) is 2.70. The number of benzene rings is 1. The summed E-state index contributed by atoms with van der Waals surface area (Å²) < 4.78 is 0. The Balaban J connectivity index is 2.39. The fourth-order valence-electron chi connectivity index (χ4n) is 0.990. The summed E-state index contributed by atoms with van der Waals surface area (Å²) in [4.78, 5) is 10.4. The summed E-state index contributed by atoms with van der Waals surface area (Å²) in [7, 11) is 0. The van der Waals surface area contributed by atoms with Crippen LogP contribution < -0.4 is 5.73 Å². The van der Waals surface area contributed by atoms with Crippen LogP contribution in [0.5, 0.6) is 0 Å². The molecule has 0 heterocycles. The molecule has 0 atom stereocenters. The molecule has 4 nitrogen and oxygen atoms in total. The first-order chi connectivity index (χ1) is 6.20. The maximum atomic E-state index is 10.4. The Labute approximate surface area is 76.5 Å². The summed E-state index contributed by atoms with van der Waals surface area (Å²) in [5.41, 5.74) is 5.90. The van der Waals surface area contributed by atoms with Crippen LogP contribution in [0.3, 0.4) is 0 Å². The maximum absolute atomic E-state index is 10.4. The van der Waals surface area contributed by atoms with Gasteiger partial charge in [0.2, 0.25) is 0 Å². The zero-order valence-corrected chi connectivity index (χ0v) is 7.18. The molecule has 0 spiro atoms. The molecule has 4 heteroatoms. The van der Waals surface area contributed by atoms with Crippen molar-refractivity contribution < 1.29 is 10.0 Å². The van der Waals surface area contributed by atoms with E-state index in [0.29, 0.717) is 11.5 Å². The second kappa shape index (κ2) is 4.47.